The smallest absolute Gasteiger partial charge is 0.228 e. The minimum Gasteiger partial charge on any atom is -0.341 e. The molecule has 2 heterocycles. The van der Waals surface area contributed by atoms with Crippen LogP contribution in [0.15, 0.2) is 30.3 Å². The molecule has 2 fully saturated rings. The van der Waals surface area contributed by atoms with Crippen LogP contribution in [0.2, 0.25) is 0 Å². The van der Waals surface area contributed by atoms with Crippen molar-refractivity contribution in [2.75, 3.05) is 40.3 Å². The molecule has 0 spiro atoms. The summed E-state index contributed by atoms with van der Waals surface area (Å²) in [5.41, 5.74) is 1.21. The molecule has 0 bridgehead atoms. The van der Waals surface area contributed by atoms with Crippen LogP contribution in [0, 0.1) is 5.92 Å². The van der Waals surface area contributed by atoms with Crippen molar-refractivity contribution >= 4 is 11.8 Å². The van der Waals surface area contributed by atoms with Gasteiger partial charge in [-0.05, 0) is 32.5 Å². The first-order valence-corrected chi connectivity index (χ1v) is 8.84. The standard InChI is InChI=1S/C19H27N3O2/c1-20(2)11-12-21-14-16(13-18(21)23)19(24)22-10-6-9-17(22)15-7-4-3-5-8-15/h3-5,7-8,16-17H,6,9-14H2,1-2H3/t16-,17+/m1/s1. The monoisotopic (exact) mass is 329 g/mol. The Morgan fingerprint density at radius 1 is 1.25 bits per heavy atom. The molecule has 24 heavy (non-hydrogen) atoms. The first-order valence-electron chi connectivity index (χ1n) is 8.84. The molecule has 0 aliphatic carbocycles. The highest BCUT2D eigenvalue weighted by Crippen LogP contribution is 2.34. The van der Waals surface area contributed by atoms with Gasteiger partial charge in [-0.15, -0.1) is 0 Å². The third-order valence-corrected chi connectivity index (χ3v) is 5.10. The molecule has 0 unspecified atom stereocenters. The van der Waals surface area contributed by atoms with E-state index in [-0.39, 0.29) is 23.8 Å². The maximum atomic E-state index is 13.0. The van der Waals surface area contributed by atoms with Gasteiger partial charge in [0, 0.05) is 32.6 Å². The van der Waals surface area contributed by atoms with Crippen molar-refractivity contribution in [1.29, 1.82) is 0 Å². The Balaban J connectivity index is 1.65. The number of amides is 2. The van der Waals surface area contributed by atoms with Gasteiger partial charge in [0.15, 0.2) is 0 Å². The van der Waals surface area contributed by atoms with E-state index < -0.39 is 0 Å². The molecule has 3 rings (SSSR count). The number of likely N-dealkylation sites (tertiary alicyclic amines) is 2. The molecule has 0 radical (unpaired) electrons. The third kappa shape index (κ3) is 3.61. The fourth-order valence-electron chi connectivity index (χ4n) is 3.76. The van der Waals surface area contributed by atoms with E-state index in [0.717, 1.165) is 25.9 Å². The lowest BCUT2D eigenvalue weighted by molar-refractivity contribution is -0.136. The molecule has 2 aliphatic rings. The van der Waals surface area contributed by atoms with Gasteiger partial charge in [-0.2, -0.15) is 0 Å². The number of nitrogens with zero attached hydrogens (tertiary/aromatic N) is 3. The molecule has 1 aromatic carbocycles. The summed E-state index contributed by atoms with van der Waals surface area (Å²) >= 11 is 0. The summed E-state index contributed by atoms with van der Waals surface area (Å²) in [6.45, 7) is 2.92. The number of carbonyl (C=O) groups is 2. The topological polar surface area (TPSA) is 43.9 Å². The number of hydrogen-bond donors (Lipinski definition) is 0. The van der Waals surface area contributed by atoms with Crippen LogP contribution in [0.1, 0.15) is 30.9 Å². The highest BCUT2D eigenvalue weighted by molar-refractivity contribution is 5.89. The van der Waals surface area contributed by atoms with Gasteiger partial charge in [0.1, 0.15) is 0 Å². The molecule has 5 nitrogen and oxygen atoms in total. The normalized spacial score (nSPS) is 24.2. The van der Waals surface area contributed by atoms with Crippen LogP contribution >= 0.6 is 0 Å². The van der Waals surface area contributed by atoms with E-state index >= 15 is 0 Å². The number of carbonyl (C=O) groups excluding carboxylic acids is 2. The highest BCUT2D eigenvalue weighted by atomic mass is 16.2. The fourth-order valence-corrected chi connectivity index (χ4v) is 3.76. The molecule has 5 heteroatoms. The molecule has 0 saturated carbocycles. The Bertz CT molecular complexity index is 588. The van der Waals surface area contributed by atoms with Crippen molar-refractivity contribution in [2.45, 2.75) is 25.3 Å². The Morgan fingerprint density at radius 3 is 2.71 bits per heavy atom. The average Bonchev–Trinajstić information content (AvgIpc) is 3.20. The van der Waals surface area contributed by atoms with Crippen LogP contribution in [-0.4, -0.2) is 66.8 Å². The molecular formula is C19H27N3O2. The first kappa shape index (κ1) is 17.0. The number of benzene rings is 1. The van der Waals surface area contributed by atoms with Crippen molar-refractivity contribution in [3.8, 4) is 0 Å². The Labute approximate surface area is 144 Å². The predicted octanol–water partition coefficient (Wildman–Crippen LogP) is 1.76. The highest BCUT2D eigenvalue weighted by Gasteiger charge is 2.39. The van der Waals surface area contributed by atoms with E-state index in [1.165, 1.54) is 5.56 Å². The van der Waals surface area contributed by atoms with Crippen LogP contribution in [0.25, 0.3) is 0 Å². The zero-order chi connectivity index (χ0) is 17.1. The van der Waals surface area contributed by atoms with E-state index in [1.54, 1.807) is 0 Å². The summed E-state index contributed by atoms with van der Waals surface area (Å²) in [5.74, 6) is 0.0942. The minimum atomic E-state index is -0.177. The molecule has 2 atom stereocenters. The molecule has 2 aliphatic heterocycles. The van der Waals surface area contributed by atoms with Crippen molar-refractivity contribution in [3.05, 3.63) is 35.9 Å². The van der Waals surface area contributed by atoms with Crippen molar-refractivity contribution < 1.29 is 9.59 Å². The summed E-state index contributed by atoms with van der Waals surface area (Å²) < 4.78 is 0. The second-order valence-corrected chi connectivity index (χ2v) is 7.14. The lowest BCUT2D eigenvalue weighted by Crippen LogP contribution is -2.38. The van der Waals surface area contributed by atoms with Crippen LogP contribution < -0.4 is 0 Å². The molecule has 2 saturated heterocycles. The van der Waals surface area contributed by atoms with Crippen LogP contribution in [0.3, 0.4) is 0 Å². The molecule has 130 valence electrons. The second-order valence-electron chi connectivity index (χ2n) is 7.14. The minimum absolute atomic E-state index is 0.116. The molecule has 0 N–H and O–H groups in total. The quantitative estimate of drug-likeness (QED) is 0.827. The summed E-state index contributed by atoms with van der Waals surface area (Å²) in [4.78, 5) is 31.1. The Kier molecular flexibility index (Phi) is 5.19. The average molecular weight is 329 g/mol. The number of rotatable bonds is 5. The molecule has 1 aromatic rings. The zero-order valence-electron chi connectivity index (χ0n) is 14.6. The first-order chi connectivity index (χ1) is 11.6. The largest absolute Gasteiger partial charge is 0.341 e. The van der Waals surface area contributed by atoms with Crippen LogP contribution in [0.5, 0.6) is 0 Å². The van der Waals surface area contributed by atoms with E-state index in [1.807, 2.05) is 42.1 Å². The van der Waals surface area contributed by atoms with Gasteiger partial charge in [0.05, 0.1) is 12.0 Å². The van der Waals surface area contributed by atoms with Crippen molar-refractivity contribution in [3.63, 3.8) is 0 Å². The van der Waals surface area contributed by atoms with Crippen molar-refractivity contribution in [2.24, 2.45) is 5.92 Å². The Morgan fingerprint density at radius 2 is 2.00 bits per heavy atom. The fraction of sp³-hybridized carbons (Fsp3) is 0.579. The van der Waals surface area contributed by atoms with Gasteiger partial charge < -0.3 is 14.7 Å². The lowest BCUT2D eigenvalue weighted by atomic mass is 10.0. The maximum absolute atomic E-state index is 13.0. The van der Waals surface area contributed by atoms with Crippen LogP contribution in [-0.2, 0) is 9.59 Å². The van der Waals surface area contributed by atoms with Gasteiger partial charge in [-0.1, -0.05) is 30.3 Å². The molecular weight excluding hydrogens is 302 g/mol. The van der Waals surface area contributed by atoms with Crippen molar-refractivity contribution in [1.82, 2.24) is 14.7 Å². The predicted molar refractivity (Wildman–Crippen MR) is 93.4 cm³/mol. The second kappa shape index (κ2) is 7.34. The number of hydrogen-bond acceptors (Lipinski definition) is 3. The summed E-state index contributed by atoms with van der Waals surface area (Å²) in [6, 6.07) is 10.4. The zero-order valence-corrected chi connectivity index (χ0v) is 14.6. The van der Waals surface area contributed by atoms with E-state index in [4.69, 9.17) is 0 Å². The summed E-state index contributed by atoms with van der Waals surface area (Å²) in [7, 11) is 4.00. The van der Waals surface area contributed by atoms with Gasteiger partial charge in [0.25, 0.3) is 0 Å². The molecule has 0 aromatic heterocycles. The Hall–Kier alpha value is -1.88. The number of likely N-dealkylation sites (N-methyl/N-ethyl adjacent to an activating group) is 1. The SMILES string of the molecule is CN(C)CCN1C[C@H](C(=O)N2CCC[C@H]2c2ccccc2)CC1=O. The van der Waals surface area contributed by atoms with Gasteiger partial charge >= 0.3 is 0 Å². The van der Waals surface area contributed by atoms with E-state index in [9.17, 15) is 9.59 Å². The lowest BCUT2D eigenvalue weighted by Gasteiger charge is -2.27. The summed E-state index contributed by atoms with van der Waals surface area (Å²) in [5, 5.41) is 0. The van der Waals surface area contributed by atoms with Gasteiger partial charge in [-0.25, -0.2) is 0 Å². The van der Waals surface area contributed by atoms with E-state index in [0.29, 0.717) is 19.5 Å². The third-order valence-electron chi connectivity index (χ3n) is 5.10. The maximum Gasteiger partial charge on any atom is 0.228 e. The van der Waals surface area contributed by atoms with Gasteiger partial charge in [0.2, 0.25) is 11.8 Å². The van der Waals surface area contributed by atoms with E-state index in [2.05, 4.69) is 17.0 Å². The van der Waals surface area contributed by atoms with Gasteiger partial charge in [-0.3, -0.25) is 9.59 Å². The molecule has 2 amide bonds. The summed E-state index contributed by atoms with van der Waals surface area (Å²) in [6.07, 6.45) is 2.42. The van der Waals surface area contributed by atoms with Crippen LogP contribution in [0.4, 0.5) is 0 Å².